The molecule has 0 amide bonds. The highest BCUT2D eigenvalue weighted by atomic mass is 28.3. The smallest absolute Gasteiger partial charge is 0.0696 e. The fourth-order valence-electron chi connectivity index (χ4n) is 0. The van der Waals surface area contributed by atoms with Gasteiger partial charge in [-0.3, -0.25) is 0 Å². The van der Waals surface area contributed by atoms with Crippen molar-refractivity contribution in [2.75, 3.05) is 0 Å². The molecule has 35 valence electrons. The van der Waals surface area contributed by atoms with Crippen LogP contribution in [-0.4, -0.2) is 31.1 Å². The molecule has 0 bridgehead atoms. The molecule has 0 aromatic rings. The van der Waals surface area contributed by atoms with Crippen molar-refractivity contribution in [1.29, 1.82) is 0 Å². The first-order valence-electron chi connectivity index (χ1n) is 1.85. The molecule has 0 aliphatic heterocycles. The topological polar surface area (TPSA) is 0 Å². The van der Waals surface area contributed by atoms with Gasteiger partial charge in [0.2, 0.25) is 0 Å². The Morgan fingerprint density at radius 2 is 1.17 bits per heavy atom. The van der Waals surface area contributed by atoms with E-state index in [4.69, 9.17) is 0 Å². The van der Waals surface area contributed by atoms with Gasteiger partial charge < -0.3 is 0 Å². The summed E-state index contributed by atoms with van der Waals surface area (Å²) in [6.45, 7) is 10.6. The minimum atomic E-state index is -0.861. The summed E-state index contributed by atoms with van der Waals surface area (Å²) in [5, 5.41) is 0. The minimum Gasteiger partial charge on any atom is -0.0696 e. The molecule has 0 nitrogen and oxygen atoms in total. The molecule has 1 radical (unpaired) electrons. The Hall–Kier alpha value is 0.983. The molecule has 0 fully saturated rings. The van der Waals surface area contributed by atoms with E-state index in [1.165, 1.54) is 0 Å². The first kappa shape index (κ1) is 10.1. The van der Waals surface area contributed by atoms with Crippen LogP contribution in [0.5, 0.6) is 0 Å². The molecule has 0 saturated carbocycles. The van der Waals surface area contributed by atoms with E-state index in [2.05, 4.69) is 26.2 Å². The van der Waals surface area contributed by atoms with Crippen LogP contribution in [0.1, 0.15) is 0 Å². The Kier molecular flexibility index (Phi) is 5.11. The van der Waals surface area contributed by atoms with Gasteiger partial charge in [0, 0.05) is 8.07 Å². The zero-order valence-electron chi connectivity index (χ0n) is 4.21. The molecule has 0 aliphatic carbocycles. The number of hydrogen-bond acceptors (Lipinski definition) is 0. The maximum absolute atomic E-state index is 3.91. The predicted molar refractivity (Wildman–Crippen MR) is 37.2 cm³/mol. The van der Waals surface area contributed by atoms with Gasteiger partial charge in [-0.05, 0) is 0 Å². The Balaban J connectivity index is 0. The fourth-order valence-corrected chi connectivity index (χ4v) is 0. The molecule has 0 aromatic heterocycles. The molecule has 0 spiro atoms. The molecule has 0 saturated heterocycles. The Morgan fingerprint density at radius 1 is 1.17 bits per heavy atom. The molecule has 6 heavy (non-hydrogen) atoms. The van der Waals surface area contributed by atoms with Gasteiger partial charge in [-0.25, -0.2) is 0 Å². The van der Waals surface area contributed by atoms with E-state index < -0.39 is 8.07 Å². The zero-order chi connectivity index (χ0) is 4.50. The summed E-state index contributed by atoms with van der Waals surface area (Å²) in [5.41, 5.74) is 0. The molecule has 0 N–H and O–H groups in total. The van der Waals surface area contributed by atoms with Crippen molar-refractivity contribution in [3.05, 3.63) is 6.55 Å². The largest absolute Gasteiger partial charge is 0.316 e. The third kappa shape index (κ3) is 81.8. The summed E-state index contributed by atoms with van der Waals surface area (Å²) in [5.74, 6) is 0. The van der Waals surface area contributed by atoms with E-state index in [0.29, 0.717) is 0 Å². The SMILES string of the molecule is [CH2][Si](C)(C)C.[MgH2]. The third-order valence-corrected chi connectivity index (χ3v) is 0. The van der Waals surface area contributed by atoms with E-state index in [-0.39, 0.29) is 23.1 Å². The van der Waals surface area contributed by atoms with E-state index in [9.17, 15) is 0 Å². The summed E-state index contributed by atoms with van der Waals surface area (Å²) in [4.78, 5) is 0. The normalized spacial score (nSPS) is 10.0. The number of rotatable bonds is 0. The van der Waals surface area contributed by atoms with E-state index in [1.807, 2.05) is 0 Å². The molecular weight excluding hydrogens is 100 g/mol. The van der Waals surface area contributed by atoms with Crippen molar-refractivity contribution in [1.82, 2.24) is 0 Å². The molecule has 0 unspecified atom stereocenters. The molecular formula is C4H13MgSi. The van der Waals surface area contributed by atoms with Crippen LogP contribution >= 0.6 is 0 Å². The van der Waals surface area contributed by atoms with E-state index in [1.54, 1.807) is 0 Å². The third-order valence-electron chi connectivity index (χ3n) is 0. The molecule has 0 aliphatic rings. The lowest BCUT2D eigenvalue weighted by Gasteiger charge is -2.01. The summed E-state index contributed by atoms with van der Waals surface area (Å²) >= 11 is 0. The fraction of sp³-hybridized carbons (Fsp3) is 0.750. The van der Waals surface area contributed by atoms with Crippen LogP contribution in [0.3, 0.4) is 0 Å². The van der Waals surface area contributed by atoms with Crippen LogP contribution in [0, 0.1) is 6.55 Å². The van der Waals surface area contributed by atoms with Crippen molar-refractivity contribution < 1.29 is 0 Å². The first-order chi connectivity index (χ1) is 2.00. The first-order valence-corrected chi connectivity index (χ1v) is 5.56. The van der Waals surface area contributed by atoms with Gasteiger partial charge in [0.1, 0.15) is 0 Å². The number of hydrogen-bond donors (Lipinski definition) is 0. The van der Waals surface area contributed by atoms with Crippen LogP contribution in [0.15, 0.2) is 0 Å². The molecule has 2 heteroatoms. The maximum Gasteiger partial charge on any atom is 0.316 e. The lowest BCUT2D eigenvalue weighted by molar-refractivity contribution is 1.78. The van der Waals surface area contributed by atoms with E-state index in [0.717, 1.165) is 0 Å². The van der Waals surface area contributed by atoms with Crippen LogP contribution in [0.4, 0.5) is 0 Å². The summed E-state index contributed by atoms with van der Waals surface area (Å²) in [6.07, 6.45) is 0. The molecule has 0 heterocycles. The van der Waals surface area contributed by atoms with Crippen molar-refractivity contribution in [2.24, 2.45) is 0 Å². The Labute approximate surface area is 57.5 Å². The van der Waals surface area contributed by atoms with Crippen LogP contribution in [-0.2, 0) is 0 Å². The standard InChI is InChI=1S/C4H11Si.Mg.2H/c1-5(2,3)4;;;/h1H2,2-4H3;;;. The lowest BCUT2D eigenvalue weighted by Crippen LogP contribution is -2.12. The van der Waals surface area contributed by atoms with Gasteiger partial charge in [-0.1, -0.05) is 26.2 Å². The van der Waals surface area contributed by atoms with Crippen molar-refractivity contribution in [3.63, 3.8) is 0 Å². The predicted octanol–water partition coefficient (Wildman–Crippen LogP) is 0.782. The zero-order valence-corrected chi connectivity index (χ0v) is 5.21. The van der Waals surface area contributed by atoms with Crippen LogP contribution in [0.2, 0.25) is 19.6 Å². The highest BCUT2D eigenvalue weighted by Gasteiger charge is 1.99. The average Bonchev–Trinajstić information content (AvgIpc) is 0.722. The van der Waals surface area contributed by atoms with Gasteiger partial charge in [-0.2, -0.15) is 0 Å². The summed E-state index contributed by atoms with van der Waals surface area (Å²) < 4.78 is 0. The summed E-state index contributed by atoms with van der Waals surface area (Å²) in [6, 6.07) is 0. The van der Waals surface area contributed by atoms with Crippen molar-refractivity contribution in [3.8, 4) is 0 Å². The van der Waals surface area contributed by atoms with Crippen LogP contribution < -0.4 is 0 Å². The van der Waals surface area contributed by atoms with Crippen molar-refractivity contribution >= 4 is 31.1 Å². The quantitative estimate of drug-likeness (QED) is 0.408. The maximum atomic E-state index is 3.91. The monoisotopic (exact) mass is 113 g/mol. The Bertz CT molecular complexity index is 23.0. The average molecular weight is 114 g/mol. The highest BCUT2D eigenvalue weighted by molar-refractivity contribution is 6.77. The van der Waals surface area contributed by atoms with Gasteiger partial charge >= 0.3 is 23.1 Å². The van der Waals surface area contributed by atoms with Gasteiger partial charge in [0.25, 0.3) is 0 Å². The van der Waals surface area contributed by atoms with Gasteiger partial charge in [-0.15, -0.1) is 0 Å². The minimum absolute atomic E-state index is 0. The second kappa shape index (κ2) is 3.05. The second-order valence-electron chi connectivity index (χ2n) is 2.56. The lowest BCUT2D eigenvalue weighted by atomic mass is 11.8. The van der Waals surface area contributed by atoms with Gasteiger partial charge in [0.05, 0.1) is 0 Å². The molecule has 0 rings (SSSR count). The molecule has 0 aromatic carbocycles. The highest BCUT2D eigenvalue weighted by Crippen LogP contribution is 1.92. The van der Waals surface area contributed by atoms with Crippen molar-refractivity contribution in [2.45, 2.75) is 19.6 Å². The van der Waals surface area contributed by atoms with Gasteiger partial charge in [0.15, 0.2) is 0 Å². The second-order valence-corrected chi connectivity index (χ2v) is 7.68. The Morgan fingerprint density at radius 3 is 1.17 bits per heavy atom. The molecule has 0 atom stereocenters. The summed E-state index contributed by atoms with van der Waals surface area (Å²) in [7, 11) is -0.861. The van der Waals surface area contributed by atoms with Crippen LogP contribution in [0.25, 0.3) is 0 Å². The van der Waals surface area contributed by atoms with E-state index >= 15 is 0 Å².